The molecule has 0 spiro atoms. The summed E-state index contributed by atoms with van der Waals surface area (Å²) < 4.78 is 102. The smallest absolute Gasteiger partial charge is 0.435 e. The third-order valence-electron chi connectivity index (χ3n) is 6.70. The molecule has 0 saturated carbocycles. The number of nitrogens with zero attached hydrogens (tertiary/aromatic N) is 3. The number of oxazole rings is 1. The van der Waals surface area contributed by atoms with E-state index in [0.717, 1.165) is 17.0 Å². The zero-order valence-electron chi connectivity index (χ0n) is 23.4. The number of ether oxygens (including phenoxy) is 1. The van der Waals surface area contributed by atoms with Crippen molar-refractivity contribution in [3.05, 3.63) is 89.6 Å². The Morgan fingerprint density at radius 3 is 2.18 bits per heavy atom. The van der Waals surface area contributed by atoms with E-state index in [2.05, 4.69) is 14.8 Å². The van der Waals surface area contributed by atoms with Gasteiger partial charge in [-0.1, -0.05) is 18.2 Å². The van der Waals surface area contributed by atoms with E-state index in [4.69, 9.17) is 4.42 Å². The molecule has 5 aromatic rings. The normalized spacial score (nSPS) is 12.2. The highest BCUT2D eigenvalue weighted by atomic mass is 32.2. The van der Waals surface area contributed by atoms with Gasteiger partial charge < -0.3 is 14.3 Å². The largest absolute Gasteiger partial charge is 0.440 e. The van der Waals surface area contributed by atoms with Crippen molar-refractivity contribution < 1.29 is 44.6 Å². The molecule has 8 nitrogen and oxygen atoms in total. The van der Waals surface area contributed by atoms with E-state index in [9.17, 15) is 35.5 Å². The molecule has 0 aliphatic carbocycles. The monoisotopic (exact) mass is 633 g/mol. The summed E-state index contributed by atoms with van der Waals surface area (Å²) in [5.74, 6) is 0.306. The second kappa shape index (κ2) is 11.5. The van der Waals surface area contributed by atoms with Gasteiger partial charge in [-0.3, -0.25) is 0 Å². The van der Waals surface area contributed by atoms with Gasteiger partial charge in [0.15, 0.2) is 27.2 Å². The molecule has 0 radical (unpaired) electrons. The van der Waals surface area contributed by atoms with Crippen LogP contribution >= 0.6 is 0 Å². The lowest BCUT2D eigenvalue weighted by molar-refractivity contribution is -0.141. The maximum atomic E-state index is 13.6. The van der Waals surface area contributed by atoms with Crippen LogP contribution in [0, 0.1) is 13.8 Å². The number of hydrogen-bond acceptors (Lipinski definition) is 7. The highest BCUT2D eigenvalue weighted by molar-refractivity contribution is 7.90. The molecule has 0 fully saturated rings. The van der Waals surface area contributed by atoms with E-state index in [-0.39, 0.29) is 50.5 Å². The fraction of sp³-hybridized carbons (Fsp3) is 0.200. The predicted octanol–water partition coefficient (Wildman–Crippen LogP) is 6.99. The Labute approximate surface area is 248 Å². The van der Waals surface area contributed by atoms with Crippen molar-refractivity contribution in [2.75, 3.05) is 6.26 Å². The summed E-state index contributed by atoms with van der Waals surface area (Å²) in [6.45, 7) is -0.501. The van der Waals surface area contributed by atoms with Crippen molar-refractivity contribution in [2.24, 2.45) is 0 Å². The molecular formula is C30H24F5N3O5S. The molecule has 2 aromatic heterocycles. The number of aliphatic hydroxyl groups excluding tert-OH is 1. The van der Waals surface area contributed by atoms with Crippen molar-refractivity contribution in [3.8, 4) is 45.1 Å². The Morgan fingerprint density at radius 2 is 1.59 bits per heavy atom. The molecule has 0 atom stereocenters. The van der Waals surface area contributed by atoms with Crippen molar-refractivity contribution >= 4 is 9.84 Å². The van der Waals surface area contributed by atoms with E-state index in [0.29, 0.717) is 16.7 Å². The summed E-state index contributed by atoms with van der Waals surface area (Å²) >= 11 is 0. The quantitative estimate of drug-likeness (QED) is 0.184. The second-order valence-electron chi connectivity index (χ2n) is 9.88. The van der Waals surface area contributed by atoms with Crippen LogP contribution in [0.3, 0.4) is 0 Å². The first-order valence-corrected chi connectivity index (χ1v) is 14.8. The van der Waals surface area contributed by atoms with Crippen LogP contribution in [0.5, 0.6) is 5.75 Å². The Hall–Kier alpha value is -4.56. The number of alkyl halides is 5. The summed E-state index contributed by atoms with van der Waals surface area (Å²) in [5.41, 5.74) is 1.32. The summed E-state index contributed by atoms with van der Waals surface area (Å²) in [6, 6.07) is 15.7. The van der Waals surface area contributed by atoms with E-state index >= 15 is 0 Å². The van der Waals surface area contributed by atoms with E-state index in [1.54, 1.807) is 25.1 Å². The molecule has 0 bridgehead atoms. The molecule has 3 aromatic carbocycles. The molecule has 2 heterocycles. The van der Waals surface area contributed by atoms with Crippen LogP contribution in [0.1, 0.15) is 22.8 Å². The lowest BCUT2D eigenvalue weighted by atomic mass is 9.97. The van der Waals surface area contributed by atoms with E-state index in [1.165, 1.54) is 49.4 Å². The number of benzene rings is 3. The van der Waals surface area contributed by atoms with Gasteiger partial charge in [-0.25, -0.2) is 18.1 Å². The van der Waals surface area contributed by atoms with Crippen LogP contribution in [0.4, 0.5) is 22.0 Å². The first kappa shape index (κ1) is 30.9. The topological polar surface area (TPSA) is 107 Å². The van der Waals surface area contributed by atoms with Gasteiger partial charge in [0.1, 0.15) is 11.4 Å². The maximum Gasteiger partial charge on any atom is 0.435 e. The zero-order valence-corrected chi connectivity index (χ0v) is 24.2. The Kier molecular flexibility index (Phi) is 8.07. The summed E-state index contributed by atoms with van der Waals surface area (Å²) in [5, 5.41) is 13.5. The number of aromatic nitrogens is 3. The maximum absolute atomic E-state index is 13.6. The minimum absolute atomic E-state index is 0.0788. The van der Waals surface area contributed by atoms with Gasteiger partial charge >= 0.3 is 12.8 Å². The number of halogens is 5. The van der Waals surface area contributed by atoms with Gasteiger partial charge in [-0.05, 0) is 72.1 Å². The SMILES string of the molecule is Cc1nc(-c2cc(-c3ccc(CO)c(S(C)(=O)=O)c3)ccc2-n2nc(C(F)(F)F)cc2C)c(-c2ccc(OC(F)F)cc2)o1. The first-order valence-electron chi connectivity index (χ1n) is 12.9. The van der Waals surface area contributed by atoms with Gasteiger partial charge in [-0.2, -0.15) is 27.1 Å². The third kappa shape index (κ3) is 6.21. The fourth-order valence-corrected chi connectivity index (χ4v) is 5.70. The molecule has 0 aliphatic heterocycles. The van der Waals surface area contributed by atoms with E-state index in [1.807, 2.05) is 0 Å². The lowest BCUT2D eigenvalue weighted by Crippen LogP contribution is -2.08. The minimum Gasteiger partial charge on any atom is -0.440 e. The fourth-order valence-electron chi connectivity index (χ4n) is 4.75. The molecule has 0 unspecified atom stereocenters. The molecule has 5 rings (SSSR count). The Morgan fingerprint density at radius 1 is 0.955 bits per heavy atom. The molecule has 0 aliphatic rings. The van der Waals surface area contributed by atoms with Crippen LogP contribution in [0.25, 0.3) is 39.4 Å². The zero-order chi connectivity index (χ0) is 32.0. The number of aryl methyl sites for hydroxylation is 2. The minimum atomic E-state index is -4.70. The van der Waals surface area contributed by atoms with E-state index < -0.39 is 34.9 Å². The highest BCUT2D eigenvalue weighted by Gasteiger charge is 2.35. The average Bonchev–Trinajstić information content (AvgIpc) is 3.54. The lowest BCUT2D eigenvalue weighted by Gasteiger charge is -2.15. The highest BCUT2D eigenvalue weighted by Crippen LogP contribution is 2.40. The summed E-state index contributed by atoms with van der Waals surface area (Å²) in [4.78, 5) is 4.43. The number of aliphatic hydroxyl groups is 1. The van der Waals surface area contributed by atoms with Crippen LogP contribution in [0.2, 0.25) is 0 Å². The van der Waals surface area contributed by atoms with Crippen LogP contribution in [-0.2, 0) is 22.6 Å². The van der Waals surface area contributed by atoms with Crippen LogP contribution in [0.15, 0.2) is 76.0 Å². The van der Waals surface area contributed by atoms with Gasteiger partial charge in [0, 0.05) is 30.0 Å². The first-order chi connectivity index (χ1) is 20.7. The second-order valence-corrected chi connectivity index (χ2v) is 11.9. The van der Waals surface area contributed by atoms with Crippen molar-refractivity contribution in [3.63, 3.8) is 0 Å². The molecule has 230 valence electrons. The van der Waals surface area contributed by atoms with Crippen molar-refractivity contribution in [1.29, 1.82) is 0 Å². The average molecular weight is 634 g/mol. The Bertz CT molecular complexity index is 1950. The molecule has 44 heavy (non-hydrogen) atoms. The van der Waals surface area contributed by atoms with Crippen LogP contribution < -0.4 is 4.74 Å². The predicted molar refractivity (Wildman–Crippen MR) is 150 cm³/mol. The number of rotatable bonds is 8. The van der Waals surface area contributed by atoms with Gasteiger partial charge in [0.2, 0.25) is 0 Å². The number of hydrogen-bond donors (Lipinski definition) is 1. The molecule has 0 amide bonds. The van der Waals surface area contributed by atoms with Gasteiger partial charge in [-0.15, -0.1) is 0 Å². The molecule has 0 saturated heterocycles. The molecule has 14 heteroatoms. The summed E-state index contributed by atoms with van der Waals surface area (Å²) in [6.07, 6.45) is -3.69. The molecule has 1 N–H and O–H groups in total. The van der Waals surface area contributed by atoms with Crippen molar-refractivity contribution in [1.82, 2.24) is 14.8 Å². The third-order valence-corrected chi connectivity index (χ3v) is 7.88. The standard InChI is InChI=1S/C30H24F5N3O5S/c1-16-12-26(30(33,34)35)37-38(16)24-11-8-19(20-4-5-21(15-39)25(14-20)44(3,40)41)13-23(24)27-28(42-17(2)36-27)18-6-9-22(10-7-18)43-29(31)32/h4-14,29,39H,15H2,1-3H3. The van der Waals surface area contributed by atoms with Gasteiger partial charge in [0.05, 0.1) is 17.2 Å². The van der Waals surface area contributed by atoms with Crippen molar-refractivity contribution in [2.45, 2.75) is 38.1 Å². The molecular weight excluding hydrogens is 609 g/mol. The van der Waals surface area contributed by atoms with Crippen LogP contribution in [-0.4, -0.2) is 41.2 Å². The summed E-state index contributed by atoms with van der Waals surface area (Å²) in [7, 11) is -3.72. The van der Waals surface area contributed by atoms with Gasteiger partial charge in [0.25, 0.3) is 0 Å². The Balaban J connectivity index is 1.74. The number of sulfone groups is 1.